The van der Waals surface area contributed by atoms with Crippen molar-refractivity contribution in [2.45, 2.75) is 59.1 Å². The first-order chi connectivity index (χ1) is 20.5. The van der Waals surface area contributed by atoms with Gasteiger partial charge in [0.05, 0.1) is 12.1 Å². The molecule has 0 atom stereocenters. The van der Waals surface area contributed by atoms with Crippen LogP contribution in [0.2, 0.25) is 0 Å². The van der Waals surface area contributed by atoms with E-state index in [1.165, 1.54) is 4.57 Å². The van der Waals surface area contributed by atoms with Crippen LogP contribution in [0.5, 0.6) is 5.75 Å². The van der Waals surface area contributed by atoms with E-state index in [2.05, 4.69) is 19.6 Å². The van der Waals surface area contributed by atoms with Crippen molar-refractivity contribution in [2.75, 3.05) is 0 Å². The van der Waals surface area contributed by atoms with Crippen molar-refractivity contribution in [3.63, 3.8) is 0 Å². The van der Waals surface area contributed by atoms with Crippen LogP contribution in [-0.4, -0.2) is 76.7 Å². The molecule has 1 N–H and O–H groups in total. The van der Waals surface area contributed by atoms with Crippen LogP contribution in [0.25, 0.3) is 33.6 Å². The van der Waals surface area contributed by atoms with Crippen molar-refractivity contribution in [1.82, 2.24) is 19.7 Å². The number of halogens is 2. The van der Waals surface area contributed by atoms with Gasteiger partial charge in [0.25, 0.3) is 12.0 Å². The smallest absolute Gasteiger partial charge is 0.439 e. The summed E-state index contributed by atoms with van der Waals surface area (Å²) < 4.78 is 40.6. The number of hydrogen-bond donors (Lipinski definition) is 1. The van der Waals surface area contributed by atoms with Crippen molar-refractivity contribution in [3.8, 4) is 39.4 Å². The standard InChI is InChI=1S/C33H32F2N4O4.K/c1-5-8-26-36-28(29(34)35)27(22-15-17-23(18-16-22)42-33(2,3)4)31(40)39(26)19-20-11-13-21(14-12-20)24-9-6-7-10-25(24)30-37-32(41)43-38-30;/h6-7,9-18,29H,5,8,19H2,1-4H3,(H,37,38,41);. The fraction of sp³-hybridized carbons (Fsp3) is 0.273. The molecule has 0 aliphatic carbocycles. The minimum absolute atomic E-state index is 0. The van der Waals surface area contributed by atoms with E-state index in [-0.39, 0.29) is 63.5 Å². The summed E-state index contributed by atoms with van der Waals surface area (Å²) in [6.45, 7) is 7.80. The topological polar surface area (TPSA) is 103 Å². The van der Waals surface area contributed by atoms with E-state index in [0.717, 1.165) is 16.7 Å². The zero-order chi connectivity index (χ0) is 30.7. The Morgan fingerprint density at radius 1 is 0.932 bits per heavy atom. The Balaban J connectivity index is 0.00000442. The molecule has 3 aromatic carbocycles. The molecule has 8 nitrogen and oxygen atoms in total. The largest absolute Gasteiger partial charge is 0.488 e. The molecule has 0 saturated carbocycles. The molecule has 5 rings (SSSR count). The number of nitrogens with one attached hydrogen (secondary N) is 1. The molecular formula is C33H32F2KN4O4. The monoisotopic (exact) mass is 625 g/mol. The predicted molar refractivity (Wildman–Crippen MR) is 166 cm³/mol. The summed E-state index contributed by atoms with van der Waals surface area (Å²) in [5, 5.41) is 3.81. The van der Waals surface area contributed by atoms with Crippen LogP contribution in [0.1, 0.15) is 57.6 Å². The third kappa shape index (κ3) is 7.70. The van der Waals surface area contributed by atoms with Gasteiger partial charge in [-0.2, -0.15) is 0 Å². The summed E-state index contributed by atoms with van der Waals surface area (Å²) in [5.41, 5.74) is 1.92. The van der Waals surface area contributed by atoms with Crippen molar-refractivity contribution in [1.29, 1.82) is 0 Å². The first kappa shape index (κ1) is 33.7. The number of nitrogens with zero attached hydrogens (tertiary/aromatic N) is 3. The minimum Gasteiger partial charge on any atom is -0.488 e. The van der Waals surface area contributed by atoms with E-state index in [4.69, 9.17) is 4.74 Å². The van der Waals surface area contributed by atoms with Gasteiger partial charge in [0.2, 0.25) is 0 Å². The van der Waals surface area contributed by atoms with E-state index in [1.807, 2.05) is 76.2 Å². The summed E-state index contributed by atoms with van der Waals surface area (Å²) in [6.07, 6.45) is -1.92. The number of rotatable bonds is 9. The molecule has 0 amide bonds. The number of aromatic amines is 1. The molecule has 2 aromatic heterocycles. The molecule has 223 valence electrons. The van der Waals surface area contributed by atoms with Crippen molar-refractivity contribution < 1.29 is 18.0 Å². The maximum atomic E-state index is 14.3. The molecule has 0 aliphatic rings. The number of benzene rings is 3. The predicted octanol–water partition coefficient (Wildman–Crippen LogP) is 6.66. The van der Waals surface area contributed by atoms with E-state index >= 15 is 0 Å². The zero-order valence-electron chi connectivity index (χ0n) is 25.4. The van der Waals surface area contributed by atoms with Gasteiger partial charge in [-0.05, 0) is 61.6 Å². The summed E-state index contributed by atoms with van der Waals surface area (Å²) >= 11 is 0. The number of ether oxygens (including phenoxy) is 1. The molecule has 0 aliphatic heterocycles. The normalized spacial score (nSPS) is 11.4. The number of aryl methyl sites for hydroxylation is 1. The number of alkyl halides is 2. The fourth-order valence-corrected chi connectivity index (χ4v) is 4.93. The number of hydrogen-bond acceptors (Lipinski definition) is 6. The average Bonchev–Trinajstić information content (AvgIpc) is 3.41. The molecular weight excluding hydrogens is 593 g/mol. The first-order valence-electron chi connectivity index (χ1n) is 14.0. The molecule has 44 heavy (non-hydrogen) atoms. The van der Waals surface area contributed by atoms with Gasteiger partial charge in [-0.1, -0.05) is 72.7 Å². The number of H-pyrrole nitrogens is 1. The second-order valence-electron chi connectivity index (χ2n) is 11.2. The molecule has 1 radical (unpaired) electrons. The van der Waals surface area contributed by atoms with Crippen LogP contribution in [0, 0.1) is 0 Å². The average molecular weight is 626 g/mol. The van der Waals surface area contributed by atoms with Crippen LogP contribution in [-0.2, 0) is 13.0 Å². The maximum absolute atomic E-state index is 14.3. The van der Waals surface area contributed by atoms with Gasteiger partial charge >= 0.3 is 5.76 Å². The molecule has 0 saturated heterocycles. The Labute approximate surface area is 295 Å². The third-order valence-corrected chi connectivity index (χ3v) is 6.75. The van der Waals surface area contributed by atoms with Crippen LogP contribution >= 0.6 is 0 Å². The summed E-state index contributed by atoms with van der Waals surface area (Å²) in [4.78, 5) is 32.3. The SMILES string of the molecule is CCCc1nc(C(F)F)c(-c2ccc(OC(C)(C)C)cc2)c(=O)n1Cc1ccc(-c2ccccc2-c2noc(=O)[nH]2)cc1.[K]. The molecule has 0 fully saturated rings. The minimum atomic E-state index is -2.92. The quantitative estimate of drug-likeness (QED) is 0.184. The van der Waals surface area contributed by atoms with E-state index in [9.17, 15) is 18.4 Å². The van der Waals surface area contributed by atoms with Gasteiger partial charge in [0, 0.05) is 63.4 Å². The summed E-state index contributed by atoms with van der Waals surface area (Å²) in [7, 11) is 0. The second kappa shape index (κ2) is 14.3. The van der Waals surface area contributed by atoms with Gasteiger partial charge in [-0.25, -0.2) is 18.6 Å². The van der Waals surface area contributed by atoms with Crippen LogP contribution in [0.4, 0.5) is 8.78 Å². The Morgan fingerprint density at radius 3 is 2.14 bits per heavy atom. The summed E-state index contributed by atoms with van der Waals surface area (Å²) in [6, 6.07) is 21.5. The van der Waals surface area contributed by atoms with Gasteiger partial charge in [0.15, 0.2) is 5.82 Å². The zero-order valence-corrected chi connectivity index (χ0v) is 28.5. The van der Waals surface area contributed by atoms with Gasteiger partial charge in [-0.3, -0.25) is 18.9 Å². The van der Waals surface area contributed by atoms with Gasteiger partial charge in [0.1, 0.15) is 22.9 Å². The molecule has 0 spiro atoms. The summed E-state index contributed by atoms with van der Waals surface area (Å²) in [5.74, 6) is 0.551. The third-order valence-electron chi connectivity index (χ3n) is 6.75. The molecule has 2 heterocycles. The van der Waals surface area contributed by atoms with E-state index < -0.39 is 29.0 Å². The molecule has 0 bridgehead atoms. The molecule has 5 aromatic rings. The van der Waals surface area contributed by atoms with E-state index in [0.29, 0.717) is 41.4 Å². The molecule has 11 heteroatoms. The Bertz CT molecular complexity index is 1840. The van der Waals surface area contributed by atoms with E-state index in [1.54, 1.807) is 24.3 Å². The Kier molecular flexibility index (Phi) is 10.9. The van der Waals surface area contributed by atoms with Crippen molar-refractivity contribution in [2.24, 2.45) is 0 Å². The second-order valence-corrected chi connectivity index (χ2v) is 11.2. The van der Waals surface area contributed by atoms with Gasteiger partial charge < -0.3 is 4.74 Å². The first-order valence-corrected chi connectivity index (χ1v) is 14.0. The van der Waals surface area contributed by atoms with Crippen LogP contribution in [0.3, 0.4) is 0 Å². The number of aromatic nitrogens is 4. The Hall–Kier alpha value is -3.22. The fourth-order valence-electron chi connectivity index (χ4n) is 4.93. The Morgan fingerprint density at radius 2 is 1.57 bits per heavy atom. The van der Waals surface area contributed by atoms with Crippen LogP contribution in [0.15, 0.2) is 86.9 Å². The van der Waals surface area contributed by atoms with Crippen LogP contribution < -0.4 is 16.1 Å². The van der Waals surface area contributed by atoms with Crippen molar-refractivity contribution in [3.05, 3.63) is 111 Å². The van der Waals surface area contributed by atoms with Crippen molar-refractivity contribution >= 4 is 51.4 Å². The maximum Gasteiger partial charge on any atom is 0.439 e. The molecule has 0 unspecified atom stereocenters. The van der Waals surface area contributed by atoms with Gasteiger partial charge in [-0.15, -0.1) is 0 Å².